The highest BCUT2D eigenvalue weighted by Gasteiger charge is 2.14. The van der Waals surface area contributed by atoms with Gasteiger partial charge in [0.25, 0.3) is 0 Å². The minimum atomic E-state index is 0. The molecule has 2 heterocycles. The summed E-state index contributed by atoms with van der Waals surface area (Å²) < 4.78 is 13.2. The van der Waals surface area contributed by atoms with Crippen molar-refractivity contribution in [1.29, 1.82) is 0 Å². The molecule has 7 nitrogen and oxygen atoms in total. The summed E-state index contributed by atoms with van der Waals surface area (Å²) in [5, 5.41) is 11.0. The Hall–Kier alpha value is -1.65. The molecule has 8 heteroatoms. The maximum absolute atomic E-state index is 5.72. The Morgan fingerprint density at radius 1 is 1.27 bits per heavy atom. The zero-order valence-electron chi connectivity index (χ0n) is 17.8. The smallest absolute Gasteiger partial charge is 0.191 e. The van der Waals surface area contributed by atoms with E-state index in [1.165, 1.54) is 11.1 Å². The van der Waals surface area contributed by atoms with Crippen LogP contribution in [0, 0.1) is 0 Å². The molecule has 1 aromatic heterocycles. The molecule has 1 aliphatic heterocycles. The molecule has 0 bridgehead atoms. The second-order valence-electron chi connectivity index (χ2n) is 7.16. The number of nitrogens with zero attached hydrogens (tertiary/aromatic N) is 3. The van der Waals surface area contributed by atoms with Gasteiger partial charge in [0.2, 0.25) is 0 Å². The molecule has 0 aliphatic carbocycles. The lowest BCUT2D eigenvalue weighted by molar-refractivity contribution is 0.0168. The quantitative estimate of drug-likeness (QED) is 0.203. The van der Waals surface area contributed by atoms with Gasteiger partial charge in [-0.15, -0.1) is 24.0 Å². The van der Waals surface area contributed by atoms with Crippen molar-refractivity contribution in [2.45, 2.75) is 45.4 Å². The first-order chi connectivity index (χ1) is 14.3. The highest BCUT2D eigenvalue weighted by Crippen LogP contribution is 2.12. The van der Waals surface area contributed by atoms with Crippen LogP contribution in [-0.2, 0) is 22.6 Å². The molecule has 166 valence electrons. The summed E-state index contributed by atoms with van der Waals surface area (Å²) in [7, 11) is 0. The van der Waals surface area contributed by atoms with Crippen LogP contribution >= 0.6 is 24.0 Å². The van der Waals surface area contributed by atoms with Crippen LogP contribution in [0.15, 0.2) is 47.7 Å². The third-order valence-corrected chi connectivity index (χ3v) is 4.85. The molecule has 1 fully saturated rings. The number of nitrogens with one attached hydrogen (secondary N) is 2. The first-order valence-corrected chi connectivity index (χ1v) is 10.6. The standard InChI is InChI=1S/C22H33N5O2.HI/c1-2-23-22(24-11-7-14-28-18-21-10-5-15-29-21)25-16-19-8-3-4-9-20(19)17-27-13-6-12-26-27;/h3-4,6,8-9,12-13,21H,2,5,7,10-11,14-18H2,1H3,(H2,23,24,25);1H. The molecule has 30 heavy (non-hydrogen) atoms. The van der Waals surface area contributed by atoms with E-state index in [1.807, 2.05) is 16.9 Å². The van der Waals surface area contributed by atoms with E-state index in [1.54, 1.807) is 6.20 Å². The number of hydrogen-bond donors (Lipinski definition) is 2. The molecule has 2 aromatic rings. The Balaban J connectivity index is 0.00000320. The van der Waals surface area contributed by atoms with Gasteiger partial charge in [-0.1, -0.05) is 24.3 Å². The van der Waals surface area contributed by atoms with Crippen molar-refractivity contribution < 1.29 is 9.47 Å². The molecule has 1 saturated heterocycles. The van der Waals surface area contributed by atoms with Gasteiger partial charge in [0.1, 0.15) is 0 Å². The van der Waals surface area contributed by atoms with E-state index in [9.17, 15) is 0 Å². The van der Waals surface area contributed by atoms with E-state index in [0.717, 1.165) is 58.1 Å². The van der Waals surface area contributed by atoms with Crippen molar-refractivity contribution in [2.24, 2.45) is 4.99 Å². The van der Waals surface area contributed by atoms with E-state index in [0.29, 0.717) is 19.3 Å². The van der Waals surface area contributed by atoms with Crippen LogP contribution in [0.5, 0.6) is 0 Å². The lowest BCUT2D eigenvalue weighted by atomic mass is 10.1. The van der Waals surface area contributed by atoms with Gasteiger partial charge in [-0.3, -0.25) is 4.68 Å². The first kappa shape index (κ1) is 24.6. The van der Waals surface area contributed by atoms with Crippen molar-refractivity contribution in [3.05, 3.63) is 53.9 Å². The minimum absolute atomic E-state index is 0. The summed E-state index contributed by atoms with van der Waals surface area (Å²) in [6, 6.07) is 10.3. The summed E-state index contributed by atoms with van der Waals surface area (Å²) in [4.78, 5) is 4.76. The number of benzene rings is 1. The number of guanidine groups is 1. The van der Waals surface area contributed by atoms with Gasteiger partial charge in [-0.05, 0) is 43.4 Å². The van der Waals surface area contributed by atoms with Gasteiger partial charge in [0.15, 0.2) is 5.96 Å². The number of hydrogen-bond acceptors (Lipinski definition) is 4. The van der Waals surface area contributed by atoms with Crippen LogP contribution < -0.4 is 10.6 Å². The summed E-state index contributed by atoms with van der Waals surface area (Å²) in [6.45, 7) is 7.44. The summed E-state index contributed by atoms with van der Waals surface area (Å²) >= 11 is 0. The zero-order chi connectivity index (χ0) is 20.2. The fourth-order valence-electron chi connectivity index (χ4n) is 3.31. The van der Waals surface area contributed by atoms with E-state index in [-0.39, 0.29) is 24.0 Å². The van der Waals surface area contributed by atoms with E-state index in [4.69, 9.17) is 14.5 Å². The number of halogens is 1. The Bertz CT molecular complexity index is 733. The van der Waals surface area contributed by atoms with Crippen molar-refractivity contribution in [3.8, 4) is 0 Å². The highest BCUT2D eigenvalue weighted by molar-refractivity contribution is 14.0. The van der Waals surface area contributed by atoms with Gasteiger partial charge in [0, 0.05) is 38.7 Å². The third-order valence-electron chi connectivity index (χ3n) is 4.85. The van der Waals surface area contributed by atoms with Crippen LogP contribution in [0.4, 0.5) is 0 Å². The molecule has 0 radical (unpaired) electrons. The maximum Gasteiger partial charge on any atom is 0.191 e. The third kappa shape index (κ3) is 8.61. The van der Waals surface area contributed by atoms with E-state index in [2.05, 4.69) is 46.9 Å². The molecule has 1 aliphatic rings. The van der Waals surface area contributed by atoms with Crippen LogP contribution in [0.3, 0.4) is 0 Å². The minimum Gasteiger partial charge on any atom is -0.379 e. The van der Waals surface area contributed by atoms with Gasteiger partial charge in [-0.2, -0.15) is 5.10 Å². The predicted molar refractivity (Wildman–Crippen MR) is 130 cm³/mol. The Kier molecular flexibility index (Phi) is 11.8. The fourth-order valence-corrected chi connectivity index (χ4v) is 3.31. The van der Waals surface area contributed by atoms with Crippen LogP contribution in [0.2, 0.25) is 0 Å². The van der Waals surface area contributed by atoms with Crippen LogP contribution in [0.1, 0.15) is 37.3 Å². The maximum atomic E-state index is 5.72. The van der Waals surface area contributed by atoms with Gasteiger partial charge >= 0.3 is 0 Å². The van der Waals surface area contributed by atoms with Gasteiger partial charge in [-0.25, -0.2) is 4.99 Å². The molecule has 1 aromatic carbocycles. The summed E-state index contributed by atoms with van der Waals surface area (Å²) in [6.07, 6.45) is 7.29. The van der Waals surface area contributed by atoms with Crippen LogP contribution in [-0.4, -0.2) is 54.8 Å². The average Bonchev–Trinajstić information content (AvgIpc) is 3.44. The Morgan fingerprint density at radius 2 is 2.13 bits per heavy atom. The van der Waals surface area contributed by atoms with Crippen LogP contribution in [0.25, 0.3) is 0 Å². The molecular weight excluding hydrogens is 493 g/mol. The molecule has 0 spiro atoms. The predicted octanol–water partition coefficient (Wildman–Crippen LogP) is 3.19. The average molecular weight is 527 g/mol. The Morgan fingerprint density at radius 3 is 2.87 bits per heavy atom. The van der Waals surface area contributed by atoms with E-state index < -0.39 is 0 Å². The van der Waals surface area contributed by atoms with Gasteiger partial charge < -0.3 is 20.1 Å². The second kappa shape index (κ2) is 14.4. The monoisotopic (exact) mass is 527 g/mol. The van der Waals surface area contributed by atoms with Crippen molar-refractivity contribution in [3.63, 3.8) is 0 Å². The molecule has 1 unspecified atom stereocenters. The molecule has 0 saturated carbocycles. The molecule has 1 atom stereocenters. The van der Waals surface area contributed by atoms with Crippen molar-refractivity contribution in [1.82, 2.24) is 20.4 Å². The number of aromatic nitrogens is 2. The van der Waals surface area contributed by atoms with Crippen molar-refractivity contribution >= 4 is 29.9 Å². The largest absolute Gasteiger partial charge is 0.379 e. The number of aliphatic imine (C=N–C) groups is 1. The summed E-state index contributed by atoms with van der Waals surface area (Å²) in [5.74, 6) is 0.834. The Labute approximate surface area is 196 Å². The van der Waals surface area contributed by atoms with E-state index >= 15 is 0 Å². The molecule has 0 amide bonds. The van der Waals surface area contributed by atoms with Crippen molar-refractivity contribution in [2.75, 3.05) is 32.9 Å². The molecular formula is C22H34IN5O2. The lowest BCUT2D eigenvalue weighted by Crippen LogP contribution is -2.38. The molecule has 2 N–H and O–H groups in total. The SMILES string of the molecule is CCNC(=NCc1ccccc1Cn1cccn1)NCCCOCC1CCCO1.I. The number of ether oxygens (including phenoxy) is 2. The topological polar surface area (TPSA) is 72.7 Å². The number of rotatable bonds is 11. The lowest BCUT2D eigenvalue weighted by Gasteiger charge is -2.13. The summed E-state index contributed by atoms with van der Waals surface area (Å²) in [5.41, 5.74) is 2.44. The highest BCUT2D eigenvalue weighted by atomic mass is 127. The normalized spacial score (nSPS) is 16.3. The molecule has 3 rings (SSSR count). The zero-order valence-corrected chi connectivity index (χ0v) is 20.1. The fraction of sp³-hybridized carbons (Fsp3) is 0.545. The van der Waals surface area contributed by atoms with Gasteiger partial charge in [0.05, 0.1) is 25.8 Å². The first-order valence-electron chi connectivity index (χ1n) is 10.6. The second-order valence-corrected chi connectivity index (χ2v) is 7.16.